The minimum absolute atomic E-state index is 0.0409. The van der Waals surface area contributed by atoms with Crippen molar-refractivity contribution in [3.63, 3.8) is 0 Å². The van der Waals surface area contributed by atoms with Gasteiger partial charge in [0.1, 0.15) is 0 Å². The molecule has 8 heteroatoms. The number of rotatable bonds is 5. The Balaban J connectivity index is 1.77. The third kappa shape index (κ3) is 4.63. The van der Waals surface area contributed by atoms with Crippen LogP contribution in [-0.4, -0.2) is 27.6 Å². The number of anilines is 1. The van der Waals surface area contributed by atoms with Crippen LogP contribution in [0.25, 0.3) is 16.5 Å². The fraction of sp³-hybridized carbons (Fsp3) is 0.120. The van der Waals surface area contributed by atoms with Gasteiger partial charge in [0.05, 0.1) is 21.8 Å². The highest BCUT2D eigenvalue weighted by molar-refractivity contribution is 6.34. The van der Waals surface area contributed by atoms with Crippen LogP contribution in [0.2, 0.25) is 5.02 Å². The Hall–Kier alpha value is -3.97. The highest BCUT2D eigenvalue weighted by Gasteiger charge is 2.19. The maximum Gasteiger partial charge on any atom is 0.279 e. The third-order valence-corrected chi connectivity index (χ3v) is 5.25. The van der Waals surface area contributed by atoms with E-state index in [4.69, 9.17) is 11.6 Å². The first kappa shape index (κ1) is 22.2. The predicted octanol–water partition coefficient (Wildman–Crippen LogP) is 4.43. The first-order valence-corrected chi connectivity index (χ1v) is 10.7. The van der Waals surface area contributed by atoms with E-state index in [1.165, 1.54) is 10.7 Å². The molecular formula is C25H21ClN4O3. The summed E-state index contributed by atoms with van der Waals surface area (Å²) in [6, 6.07) is 20.2. The van der Waals surface area contributed by atoms with E-state index in [2.05, 4.69) is 15.7 Å². The lowest BCUT2D eigenvalue weighted by Crippen LogP contribution is -2.30. The van der Waals surface area contributed by atoms with Gasteiger partial charge in [0.25, 0.3) is 17.4 Å². The Morgan fingerprint density at radius 3 is 2.27 bits per heavy atom. The van der Waals surface area contributed by atoms with E-state index in [1.54, 1.807) is 60.7 Å². The van der Waals surface area contributed by atoms with Gasteiger partial charge in [-0.15, -0.1) is 0 Å². The van der Waals surface area contributed by atoms with Gasteiger partial charge >= 0.3 is 0 Å². The van der Waals surface area contributed by atoms with E-state index in [0.717, 1.165) is 0 Å². The number of hydrogen-bond donors (Lipinski definition) is 2. The zero-order valence-corrected chi connectivity index (χ0v) is 18.8. The van der Waals surface area contributed by atoms with Crippen molar-refractivity contribution in [2.75, 3.05) is 5.32 Å². The van der Waals surface area contributed by atoms with Crippen LogP contribution in [0.3, 0.4) is 0 Å². The molecule has 4 aromatic rings. The first-order valence-electron chi connectivity index (χ1n) is 10.3. The molecule has 1 aromatic heterocycles. The molecule has 1 heterocycles. The van der Waals surface area contributed by atoms with Crippen LogP contribution < -0.4 is 16.2 Å². The smallest absolute Gasteiger partial charge is 0.279 e. The van der Waals surface area contributed by atoms with E-state index >= 15 is 0 Å². The van der Waals surface area contributed by atoms with E-state index in [9.17, 15) is 14.4 Å². The zero-order chi connectivity index (χ0) is 23.5. The van der Waals surface area contributed by atoms with Crippen molar-refractivity contribution in [1.82, 2.24) is 15.1 Å². The number of amides is 2. The molecule has 0 atom stereocenters. The molecule has 2 N–H and O–H groups in total. The van der Waals surface area contributed by atoms with Crippen LogP contribution in [0.1, 0.15) is 34.7 Å². The van der Waals surface area contributed by atoms with Crippen LogP contribution in [0.5, 0.6) is 0 Å². The second-order valence-electron chi connectivity index (χ2n) is 7.72. The number of nitrogens with one attached hydrogen (secondary N) is 2. The quantitative estimate of drug-likeness (QED) is 0.460. The van der Waals surface area contributed by atoms with Crippen molar-refractivity contribution >= 4 is 39.9 Å². The van der Waals surface area contributed by atoms with Crippen LogP contribution in [0.4, 0.5) is 5.69 Å². The van der Waals surface area contributed by atoms with Crippen molar-refractivity contribution in [2.45, 2.75) is 19.9 Å². The van der Waals surface area contributed by atoms with Gasteiger partial charge in [-0.2, -0.15) is 9.78 Å². The number of carbonyl (C=O) groups is 2. The normalized spacial score (nSPS) is 10.9. The lowest BCUT2D eigenvalue weighted by Gasteiger charge is -2.13. The average Bonchev–Trinajstić information content (AvgIpc) is 2.81. The molecule has 3 aromatic carbocycles. The molecule has 0 fully saturated rings. The van der Waals surface area contributed by atoms with Gasteiger partial charge in [0, 0.05) is 17.0 Å². The van der Waals surface area contributed by atoms with Gasteiger partial charge in [-0.3, -0.25) is 14.4 Å². The Morgan fingerprint density at radius 1 is 0.909 bits per heavy atom. The van der Waals surface area contributed by atoms with E-state index in [-0.39, 0.29) is 33.9 Å². The summed E-state index contributed by atoms with van der Waals surface area (Å²) in [5, 5.41) is 10.9. The fourth-order valence-electron chi connectivity index (χ4n) is 3.39. The number of para-hydroxylation sites is 1. The van der Waals surface area contributed by atoms with E-state index in [0.29, 0.717) is 22.0 Å². The second-order valence-corrected chi connectivity index (χ2v) is 8.13. The van der Waals surface area contributed by atoms with Crippen molar-refractivity contribution in [3.8, 4) is 5.69 Å². The number of nitrogens with zero attached hydrogens (tertiary/aromatic N) is 2. The summed E-state index contributed by atoms with van der Waals surface area (Å²) >= 11 is 6.29. The Labute approximate surface area is 195 Å². The van der Waals surface area contributed by atoms with Gasteiger partial charge in [-0.05, 0) is 50.2 Å². The molecule has 0 saturated carbocycles. The molecule has 166 valence electrons. The van der Waals surface area contributed by atoms with Crippen LogP contribution >= 0.6 is 11.6 Å². The summed E-state index contributed by atoms with van der Waals surface area (Å²) in [6.07, 6.45) is 0. The second kappa shape index (κ2) is 9.26. The standard InChI is InChI=1S/C25H21ClN4O3/c1-15(2)27-23(31)16-12-13-20(26)21(14-16)28-24(32)22-18-10-6-7-11-19(18)25(33)30(29-22)17-8-4-3-5-9-17/h3-15H,1-2H3,(H,27,31)(H,28,32). The van der Waals surface area contributed by atoms with Gasteiger partial charge in [0.15, 0.2) is 5.69 Å². The number of halogens is 1. The fourth-order valence-corrected chi connectivity index (χ4v) is 3.56. The third-order valence-electron chi connectivity index (χ3n) is 4.92. The molecule has 4 rings (SSSR count). The average molecular weight is 461 g/mol. The molecule has 0 unspecified atom stereocenters. The molecule has 33 heavy (non-hydrogen) atoms. The highest BCUT2D eigenvalue weighted by Crippen LogP contribution is 2.25. The maximum atomic E-state index is 13.3. The van der Waals surface area contributed by atoms with Gasteiger partial charge in [0.2, 0.25) is 0 Å². The highest BCUT2D eigenvalue weighted by atomic mass is 35.5. The van der Waals surface area contributed by atoms with Crippen molar-refractivity contribution in [2.24, 2.45) is 0 Å². The SMILES string of the molecule is CC(C)NC(=O)c1ccc(Cl)c(NC(=O)c2nn(-c3ccccc3)c(=O)c3ccccc23)c1. The molecule has 2 amide bonds. The Kier molecular flexibility index (Phi) is 6.24. The van der Waals surface area contributed by atoms with Crippen LogP contribution in [0, 0.1) is 0 Å². The van der Waals surface area contributed by atoms with Crippen molar-refractivity contribution in [1.29, 1.82) is 0 Å². The first-order chi connectivity index (χ1) is 15.8. The molecular weight excluding hydrogens is 440 g/mol. The summed E-state index contributed by atoms with van der Waals surface area (Å²) in [6.45, 7) is 3.71. The number of carbonyl (C=O) groups excluding carboxylic acids is 2. The maximum absolute atomic E-state index is 13.3. The summed E-state index contributed by atoms with van der Waals surface area (Å²) in [4.78, 5) is 38.7. The number of aromatic nitrogens is 2. The Morgan fingerprint density at radius 2 is 1.58 bits per heavy atom. The molecule has 7 nitrogen and oxygen atoms in total. The Bertz CT molecular complexity index is 1410. The molecule has 0 spiro atoms. The summed E-state index contributed by atoms with van der Waals surface area (Å²) in [5.74, 6) is -0.836. The number of fused-ring (bicyclic) bond motifs is 1. The van der Waals surface area contributed by atoms with Gasteiger partial charge in [-0.25, -0.2) is 0 Å². The summed E-state index contributed by atoms with van der Waals surface area (Å²) in [7, 11) is 0. The largest absolute Gasteiger partial charge is 0.350 e. The zero-order valence-electron chi connectivity index (χ0n) is 18.0. The molecule has 0 radical (unpaired) electrons. The lowest BCUT2D eigenvalue weighted by atomic mass is 10.1. The minimum atomic E-state index is -0.556. The van der Waals surface area contributed by atoms with Crippen LogP contribution in [-0.2, 0) is 0 Å². The van der Waals surface area contributed by atoms with Crippen molar-refractivity contribution < 1.29 is 9.59 Å². The van der Waals surface area contributed by atoms with Crippen molar-refractivity contribution in [3.05, 3.63) is 99.4 Å². The van der Waals surface area contributed by atoms with Crippen LogP contribution in [0.15, 0.2) is 77.6 Å². The monoisotopic (exact) mass is 460 g/mol. The van der Waals surface area contributed by atoms with E-state index < -0.39 is 5.91 Å². The molecule has 0 aliphatic carbocycles. The molecule has 0 aliphatic heterocycles. The number of benzene rings is 3. The molecule has 0 saturated heterocycles. The summed E-state index contributed by atoms with van der Waals surface area (Å²) < 4.78 is 1.20. The topological polar surface area (TPSA) is 93.1 Å². The predicted molar refractivity (Wildman–Crippen MR) is 129 cm³/mol. The number of hydrogen-bond acceptors (Lipinski definition) is 4. The van der Waals surface area contributed by atoms with Gasteiger partial charge in [-0.1, -0.05) is 48.0 Å². The molecule has 0 aliphatic rings. The summed E-state index contributed by atoms with van der Waals surface area (Å²) in [5.41, 5.74) is 0.880. The van der Waals surface area contributed by atoms with E-state index in [1.807, 2.05) is 19.9 Å². The minimum Gasteiger partial charge on any atom is -0.350 e. The van der Waals surface area contributed by atoms with Gasteiger partial charge < -0.3 is 10.6 Å². The lowest BCUT2D eigenvalue weighted by molar-refractivity contribution is 0.0941. The molecule has 0 bridgehead atoms.